The molecule has 13 heteroatoms. The largest absolute Gasteiger partial charge is 1.00 e. The zero-order valence-corrected chi connectivity index (χ0v) is 20.0. The van der Waals surface area contributed by atoms with Gasteiger partial charge in [0.25, 0.3) is 10.1 Å². The van der Waals surface area contributed by atoms with Crippen LogP contribution in [0.4, 0.5) is 11.4 Å². The van der Waals surface area contributed by atoms with Gasteiger partial charge in [0.1, 0.15) is 29.0 Å². The van der Waals surface area contributed by atoms with Crippen LogP contribution in [0.1, 0.15) is 5.69 Å². The molecule has 1 aromatic heterocycles. The topological polar surface area (TPSA) is 162 Å². The summed E-state index contributed by atoms with van der Waals surface area (Å²) in [6.45, 7) is 0.268. The minimum atomic E-state index is -4.63. The molecule has 0 aliphatic heterocycles. The van der Waals surface area contributed by atoms with Crippen LogP contribution in [-0.2, 0) is 14.9 Å². The molecule has 0 spiro atoms. The first kappa shape index (κ1) is 25.5. The first-order valence-corrected chi connectivity index (χ1v) is 10.2. The number of hydrogen-bond donors (Lipinski definition) is 1. The second-order valence-electron chi connectivity index (χ2n) is 6.01. The Kier molecular flexibility index (Phi) is 8.90. The molecule has 1 heterocycles. The molecule has 0 fully saturated rings. The van der Waals surface area contributed by atoms with E-state index < -0.39 is 20.9 Å². The summed E-state index contributed by atoms with van der Waals surface area (Å²) in [5, 5.41) is 33.5. The van der Waals surface area contributed by atoms with Gasteiger partial charge in [-0.3, -0.25) is 4.55 Å². The molecular weight excluding hydrogens is 449 g/mol. The second-order valence-corrected chi connectivity index (χ2v) is 7.40. The maximum absolute atomic E-state index is 12.6. The van der Waals surface area contributed by atoms with Gasteiger partial charge in [0, 0.05) is 13.0 Å². The van der Waals surface area contributed by atoms with E-state index in [2.05, 4.69) is 15.3 Å². The number of azo groups is 1. The molecule has 0 aliphatic rings. The number of rotatable bonds is 8. The Morgan fingerprint density at radius 1 is 1.19 bits per heavy atom. The number of nitriles is 1. The average Bonchev–Trinajstić information content (AvgIpc) is 3.08. The van der Waals surface area contributed by atoms with Gasteiger partial charge in [0.15, 0.2) is 5.69 Å². The van der Waals surface area contributed by atoms with Crippen LogP contribution in [0.3, 0.4) is 0 Å². The summed E-state index contributed by atoms with van der Waals surface area (Å²) in [6.07, 6.45) is 0. The summed E-state index contributed by atoms with van der Waals surface area (Å²) in [4.78, 5) is -0.525. The number of hydrogen-bond acceptors (Lipinski definition) is 9. The van der Waals surface area contributed by atoms with Crippen LogP contribution >= 0.6 is 0 Å². The van der Waals surface area contributed by atoms with Gasteiger partial charge in [0.2, 0.25) is 0 Å². The number of para-hydroxylation sites is 1. The van der Waals surface area contributed by atoms with Gasteiger partial charge in [-0.2, -0.15) is 23.9 Å². The Balaban J connectivity index is 0.00000363. The van der Waals surface area contributed by atoms with Crippen molar-refractivity contribution in [2.45, 2.75) is 4.90 Å². The van der Waals surface area contributed by atoms with Gasteiger partial charge in [-0.05, 0) is 30.3 Å². The van der Waals surface area contributed by atoms with Crippen molar-refractivity contribution in [3.8, 4) is 23.4 Å². The van der Waals surface area contributed by atoms with Crippen LogP contribution in [0.25, 0.3) is 5.69 Å². The Bertz CT molecular complexity index is 1260. The zero-order valence-electron chi connectivity index (χ0n) is 17.2. The van der Waals surface area contributed by atoms with E-state index in [9.17, 15) is 23.3 Å². The van der Waals surface area contributed by atoms with Gasteiger partial charge in [-0.15, -0.1) is 5.11 Å². The van der Waals surface area contributed by atoms with E-state index in [1.165, 1.54) is 19.2 Å². The summed E-state index contributed by atoms with van der Waals surface area (Å²) in [7, 11) is -3.17. The van der Waals surface area contributed by atoms with E-state index in [0.717, 1.165) is 10.7 Å². The van der Waals surface area contributed by atoms with E-state index in [-0.39, 0.29) is 65.6 Å². The van der Waals surface area contributed by atoms with Crippen molar-refractivity contribution in [1.82, 2.24) is 9.78 Å². The second kappa shape index (κ2) is 11.2. The molecule has 3 rings (SSSR count). The van der Waals surface area contributed by atoms with Gasteiger partial charge in [-0.25, -0.2) is 4.68 Å². The minimum Gasteiger partial charge on any atom is -0.857 e. The first-order chi connectivity index (χ1) is 14.8. The van der Waals surface area contributed by atoms with Gasteiger partial charge in [0.05, 0.1) is 18.0 Å². The smallest absolute Gasteiger partial charge is 0.857 e. The predicted octanol–water partition coefficient (Wildman–Crippen LogP) is -0.491. The molecule has 0 aliphatic carbocycles. The molecule has 0 amide bonds. The normalized spacial score (nSPS) is 11.2. The summed E-state index contributed by atoms with van der Waals surface area (Å²) in [6, 6.07) is 13.9. The van der Waals surface area contributed by atoms with E-state index in [0.29, 0.717) is 5.69 Å². The van der Waals surface area contributed by atoms with Crippen molar-refractivity contribution >= 4 is 21.5 Å². The number of methoxy groups -OCH3 is 1. The number of benzene rings is 2. The molecule has 0 unspecified atom stereocenters. The molecule has 0 saturated carbocycles. The summed E-state index contributed by atoms with van der Waals surface area (Å²) >= 11 is 0. The third-order valence-electron chi connectivity index (χ3n) is 3.94. The monoisotopic (exact) mass is 465 g/mol. The van der Waals surface area contributed by atoms with Crippen LogP contribution in [0.2, 0.25) is 0 Å². The fraction of sp³-hybridized carbons (Fsp3) is 0.158. The fourth-order valence-corrected chi connectivity index (χ4v) is 3.18. The van der Waals surface area contributed by atoms with Crippen molar-refractivity contribution in [2.75, 3.05) is 20.3 Å². The maximum Gasteiger partial charge on any atom is 1.00 e. The molecule has 32 heavy (non-hydrogen) atoms. The Hall–Kier alpha value is -2.79. The van der Waals surface area contributed by atoms with Crippen LogP contribution in [-0.4, -0.2) is 43.1 Å². The number of nitrogens with zero attached hydrogens (tertiary/aromatic N) is 5. The van der Waals surface area contributed by atoms with E-state index in [1.807, 2.05) is 0 Å². The molecule has 0 radical (unpaired) electrons. The summed E-state index contributed by atoms with van der Waals surface area (Å²) in [5.74, 6) is -0.765. The molecule has 2 aromatic carbocycles. The maximum atomic E-state index is 12.6. The molecule has 1 N–H and O–H groups in total. The minimum absolute atomic E-state index is 0. The molecule has 0 bridgehead atoms. The van der Waals surface area contributed by atoms with Gasteiger partial charge >= 0.3 is 29.6 Å². The predicted molar refractivity (Wildman–Crippen MR) is 106 cm³/mol. The van der Waals surface area contributed by atoms with E-state index in [1.54, 1.807) is 36.4 Å². The van der Waals surface area contributed by atoms with Crippen molar-refractivity contribution < 1.29 is 57.1 Å². The van der Waals surface area contributed by atoms with Gasteiger partial charge < -0.3 is 14.6 Å². The first-order valence-electron chi connectivity index (χ1n) is 8.75. The standard InChI is InChI=1S/C19H17N5O6S.Na/c1-29-9-10-30-16-8-7-13(11-17(16)31(26,27)28)21-22-18-15(12-20)23-24(19(18)25)14-5-3-2-4-6-14;/h2-8,11,25H,9-10H2,1H3,(H,26,27,28);/q;+1/p-1. The Morgan fingerprint density at radius 2 is 1.91 bits per heavy atom. The van der Waals surface area contributed by atoms with Crippen LogP contribution in [0, 0.1) is 11.3 Å². The molecule has 3 aromatic rings. The SMILES string of the molecule is COCCOc1ccc(N=Nc2c(C#N)nn(-c3ccccc3)c2[O-])cc1S(=O)(=O)O.[Na+]. The van der Waals surface area contributed by atoms with Crippen molar-refractivity contribution in [1.29, 1.82) is 5.26 Å². The Morgan fingerprint density at radius 3 is 2.53 bits per heavy atom. The zero-order chi connectivity index (χ0) is 22.4. The van der Waals surface area contributed by atoms with Gasteiger partial charge in [-0.1, -0.05) is 18.2 Å². The number of ether oxygens (including phenoxy) is 2. The number of aromatic nitrogens is 2. The molecular formula is C19H16N5NaO6S. The quantitative estimate of drug-likeness (QED) is 0.202. The third-order valence-corrected chi connectivity index (χ3v) is 4.82. The fourth-order valence-electron chi connectivity index (χ4n) is 2.53. The third kappa shape index (κ3) is 5.92. The van der Waals surface area contributed by atoms with Crippen molar-refractivity contribution in [3.05, 3.63) is 54.2 Å². The van der Waals surface area contributed by atoms with Crippen molar-refractivity contribution in [3.63, 3.8) is 0 Å². The van der Waals surface area contributed by atoms with Crippen LogP contribution in [0.5, 0.6) is 11.6 Å². The molecule has 0 atom stereocenters. The Labute approximate surface area is 206 Å². The van der Waals surface area contributed by atoms with Crippen LogP contribution in [0.15, 0.2) is 63.7 Å². The molecule has 0 saturated heterocycles. The van der Waals surface area contributed by atoms with Crippen molar-refractivity contribution in [2.24, 2.45) is 10.2 Å². The van der Waals surface area contributed by atoms with E-state index >= 15 is 0 Å². The summed E-state index contributed by atoms with van der Waals surface area (Å²) < 4.78 is 44.0. The molecule has 11 nitrogen and oxygen atoms in total. The average molecular weight is 465 g/mol. The van der Waals surface area contributed by atoms with Crippen LogP contribution < -0.4 is 39.4 Å². The van der Waals surface area contributed by atoms with E-state index in [4.69, 9.17) is 9.47 Å². The molecule has 160 valence electrons. The summed E-state index contributed by atoms with van der Waals surface area (Å²) in [5.41, 5.74) is -0.105.